The summed E-state index contributed by atoms with van der Waals surface area (Å²) >= 11 is 0. The lowest BCUT2D eigenvalue weighted by molar-refractivity contribution is -0.137. The number of carboxylic acids is 1. The summed E-state index contributed by atoms with van der Waals surface area (Å²) in [6, 6.07) is 5.95. The van der Waals surface area contributed by atoms with Gasteiger partial charge >= 0.3 is 12.0 Å². The Labute approximate surface area is 122 Å². The number of anilines is 1. The number of carbonyl (C=O) groups excluding carboxylic acids is 2. The van der Waals surface area contributed by atoms with E-state index in [1.807, 2.05) is 12.1 Å². The number of imide groups is 1. The first-order chi connectivity index (χ1) is 9.90. The fraction of sp³-hybridized carbons (Fsp3) is 0.400. The predicted molar refractivity (Wildman–Crippen MR) is 77.2 cm³/mol. The van der Waals surface area contributed by atoms with Crippen molar-refractivity contribution >= 4 is 23.6 Å². The van der Waals surface area contributed by atoms with Gasteiger partial charge in [0.1, 0.15) is 6.04 Å². The molecule has 0 unspecified atom stereocenters. The van der Waals surface area contributed by atoms with Crippen LogP contribution in [-0.4, -0.2) is 29.1 Å². The maximum absolute atomic E-state index is 12.2. The van der Waals surface area contributed by atoms with Gasteiger partial charge in [-0.2, -0.15) is 0 Å². The highest BCUT2D eigenvalue weighted by atomic mass is 16.4. The molecule has 2 N–H and O–H groups in total. The molecule has 0 spiro atoms. The zero-order chi connectivity index (χ0) is 15.6. The van der Waals surface area contributed by atoms with E-state index in [0.29, 0.717) is 11.6 Å². The Kier molecular flexibility index (Phi) is 4.26. The van der Waals surface area contributed by atoms with Gasteiger partial charge in [-0.25, -0.2) is 9.69 Å². The van der Waals surface area contributed by atoms with Crippen molar-refractivity contribution in [1.82, 2.24) is 5.32 Å². The van der Waals surface area contributed by atoms with Crippen LogP contribution in [-0.2, 0) is 9.59 Å². The van der Waals surface area contributed by atoms with E-state index in [2.05, 4.69) is 19.2 Å². The predicted octanol–water partition coefficient (Wildman–Crippen LogP) is 2.10. The molecule has 0 bridgehead atoms. The second kappa shape index (κ2) is 5.95. The van der Waals surface area contributed by atoms with E-state index < -0.39 is 23.9 Å². The van der Waals surface area contributed by atoms with Crippen molar-refractivity contribution in [3.8, 4) is 0 Å². The molecule has 0 aliphatic carbocycles. The molecule has 1 heterocycles. The topological polar surface area (TPSA) is 86.7 Å². The molecule has 1 atom stereocenters. The fourth-order valence-corrected chi connectivity index (χ4v) is 2.25. The molecular weight excluding hydrogens is 272 g/mol. The summed E-state index contributed by atoms with van der Waals surface area (Å²) in [6.45, 7) is 4.12. The molecule has 1 aliphatic heterocycles. The SMILES string of the molecule is CC(C)c1ccc(N2C(=O)N[C@@H](CCC(=O)O)C2=O)cc1. The monoisotopic (exact) mass is 290 g/mol. The molecule has 0 radical (unpaired) electrons. The van der Waals surface area contributed by atoms with Gasteiger partial charge in [-0.05, 0) is 30.0 Å². The zero-order valence-corrected chi connectivity index (χ0v) is 12.0. The Morgan fingerprint density at radius 2 is 1.90 bits per heavy atom. The lowest BCUT2D eigenvalue weighted by Gasteiger charge is -2.14. The number of aliphatic carboxylic acids is 1. The molecule has 1 aromatic rings. The highest BCUT2D eigenvalue weighted by Gasteiger charge is 2.38. The van der Waals surface area contributed by atoms with Gasteiger partial charge in [0, 0.05) is 6.42 Å². The zero-order valence-electron chi connectivity index (χ0n) is 12.0. The molecule has 1 fully saturated rings. The number of rotatable bonds is 5. The maximum Gasteiger partial charge on any atom is 0.329 e. The molecule has 1 saturated heterocycles. The Bertz CT molecular complexity index is 566. The number of carboxylic acid groups (broad SMARTS) is 1. The number of nitrogens with zero attached hydrogens (tertiary/aromatic N) is 1. The standard InChI is InChI=1S/C15H18N2O4/c1-9(2)10-3-5-11(6-4-10)17-14(20)12(16-15(17)21)7-8-13(18)19/h3-6,9,12H,7-8H2,1-2H3,(H,16,21)(H,18,19)/t12-/m0/s1. The first kappa shape index (κ1) is 15.0. The molecule has 6 heteroatoms. The van der Waals surface area contributed by atoms with E-state index in [1.54, 1.807) is 12.1 Å². The lowest BCUT2D eigenvalue weighted by atomic mass is 10.0. The summed E-state index contributed by atoms with van der Waals surface area (Å²) in [6.07, 6.45) is -0.0582. The highest BCUT2D eigenvalue weighted by molar-refractivity contribution is 6.21. The van der Waals surface area contributed by atoms with Gasteiger partial charge < -0.3 is 10.4 Å². The second-order valence-electron chi connectivity index (χ2n) is 5.35. The number of carbonyl (C=O) groups is 3. The van der Waals surface area contributed by atoms with Gasteiger partial charge in [-0.15, -0.1) is 0 Å². The van der Waals surface area contributed by atoms with Gasteiger partial charge in [0.15, 0.2) is 0 Å². The van der Waals surface area contributed by atoms with E-state index in [-0.39, 0.29) is 12.8 Å². The van der Waals surface area contributed by atoms with E-state index in [4.69, 9.17) is 5.11 Å². The third-order valence-electron chi connectivity index (χ3n) is 3.48. The van der Waals surface area contributed by atoms with Crippen LogP contribution in [0.3, 0.4) is 0 Å². The van der Waals surface area contributed by atoms with Crippen LogP contribution in [0.25, 0.3) is 0 Å². The Morgan fingerprint density at radius 3 is 2.43 bits per heavy atom. The van der Waals surface area contributed by atoms with Gasteiger partial charge in [-0.1, -0.05) is 26.0 Å². The van der Waals surface area contributed by atoms with Crippen LogP contribution in [0, 0.1) is 0 Å². The number of benzene rings is 1. The molecule has 0 aromatic heterocycles. The molecule has 112 valence electrons. The summed E-state index contributed by atoms with van der Waals surface area (Å²) in [4.78, 5) is 35.7. The quantitative estimate of drug-likeness (QED) is 0.813. The van der Waals surface area contributed by atoms with Crippen molar-refractivity contribution in [3.63, 3.8) is 0 Å². The van der Waals surface area contributed by atoms with Crippen molar-refractivity contribution in [2.75, 3.05) is 4.90 Å². The van der Waals surface area contributed by atoms with Crippen molar-refractivity contribution < 1.29 is 19.5 Å². The normalized spacial score (nSPS) is 18.2. The van der Waals surface area contributed by atoms with Gasteiger partial charge in [0.25, 0.3) is 5.91 Å². The average molecular weight is 290 g/mol. The summed E-state index contributed by atoms with van der Waals surface area (Å²) in [5.41, 5.74) is 1.62. The smallest absolute Gasteiger partial charge is 0.329 e. The van der Waals surface area contributed by atoms with E-state index in [1.165, 1.54) is 0 Å². The fourth-order valence-electron chi connectivity index (χ4n) is 2.25. The van der Waals surface area contributed by atoms with Crippen LogP contribution in [0.2, 0.25) is 0 Å². The number of hydrogen-bond acceptors (Lipinski definition) is 3. The van der Waals surface area contributed by atoms with Gasteiger partial charge in [0.05, 0.1) is 5.69 Å². The highest BCUT2D eigenvalue weighted by Crippen LogP contribution is 2.24. The minimum atomic E-state index is -0.989. The van der Waals surface area contributed by atoms with Crippen molar-refractivity contribution in [2.45, 2.75) is 38.6 Å². The summed E-state index contributed by atoms with van der Waals surface area (Å²) in [5, 5.41) is 11.2. The summed E-state index contributed by atoms with van der Waals surface area (Å²) < 4.78 is 0. The molecule has 3 amide bonds. The molecular formula is C15H18N2O4. The van der Waals surface area contributed by atoms with Crippen LogP contribution >= 0.6 is 0 Å². The minimum Gasteiger partial charge on any atom is -0.481 e. The van der Waals surface area contributed by atoms with Crippen LogP contribution in [0.4, 0.5) is 10.5 Å². The Morgan fingerprint density at radius 1 is 1.29 bits per heavy atom. The number of amides is 3. The van der Waals surface area contributed by atoms with Crippen LogP contribution in [0.15, 0.2) is 24.3 Å². The van der Waals surface area contributed by atoms with E-state index in [9.17, 15) is 14.4 Å². The average Bonchev–Trinajstić information content (AvgIpc) is 2.71. The van der Waals surface area contributed by atoms with E-state index >= 15 is 0 Å². The first-order valence-corrected chi connectivity index (χ1v) is 6.86. The Hall–Kier alpha value is -2.37. The van der Waals surface area contributed by atoms with Crippen LogP contribution in [0.1, 0.15) is 38.2 Å². The van der Waals surface area contributed by atoms with Crippen molar-refractivity contribution in [1.29, 1.82) is 0 Å². The molecule has 6 nitrogen and oxygen atoms in total. The molecule has 0 saturated carbocycles. The van der Waals surface area contributed by atoms with Crippen molar-refractivity contribution in [2.24, 2.45) is 0 Å². The molecule has 21 heavy (non-hydrogen) atoms. The number of nitrogens with one attached hydrogen (secondary N) is 1. The maximum atomic E-state index is 12.2. The summed E-state index contributed by atoms with van der Waals surface area (Å²) in [7, 11) is 0. The Balaban J connectivity index is 2.14. The van der Waals surface area contributed by atoms with Gasteiger partial charge in [0.2, 0.25) is 0 Å². The van der Waals surface area contributed by atoms with Crippen LogP contribution in [0.5, 0.6) is 0 Å². The number of urea groups is 1. The molecule has 2 rings (SSSR count). The largest absolute Gasteiger partial charge is 0.481 e. The second-order valence-corrected chi connectivity index (χ2v) is 5.35. The summed E-state index contributed by atoms with van der Waals surface area (Å²) in [5.74, 6) is -1.03. The lowest BCUT2D eigenvalue weighted by Crippen LogP contribution is -2.31. The molecule has 1 aliphatic rings. The van der Waals surface area contributed by atoms with Crippen molar-refractivity contribution in [3.05, 3.63) is 29.8 Å². The minimum absolute atomic E-state index is 0.0977. The van der Waals surface area contributed by atoms with Gasteiger partial charge in [-0.3, -0.25) is 9.59 Å². The van der Waals surface area contributed by atoms with E-state index in [0.717, 1.165) is 10.5 Å². The third kappa shape index (κ3) is 3.21. The third-order valence-corrected chi connectivity index (χ3v) is 3.48. The number of hydrogen-bond donors (Lipinski definition) is 2. The molecule has 1 aromatic carbocycles. The first-order valence-electron chi connectivity index (χ1n) is 6.86. The van der Waals surface area contributed by atoms with Crippen LogP contribution < -0.4 is 10.2 Å².